The molecule has 0 spiro atoms. The van der Waals surface area contributed by atoms with Gasteiger partial charge in [-0.3, -0.25) is 9.48 Å². The van der Waals surface area contributed by atoms with Crippen LogP contribution in [0.3, 0.4) is 0 Å². The highest BCUT2D eigenvalue weighted by molar-refractivity contribution is 5.88. The monoisotopic (exact) mass is 385 g/mol. The third-order valence-corrected chi connectivity index (χ3v) is 5.28. The van der Waals surface area contributed by atoms with Gasteiger partial charge in [0.05, 0.1) is 13.7 Å². The molecule has 1 atom stereocenters. The van der Waals surface area contributed by atoms with Crippen molar-refractivity contribution in [1.82, 2.24) is 14.7 Å². The zero-order valence-corrected chi connectivity index (χ0v) is 16.6. The predicted octanol–water partition coefficient (Wildman–Crippen LogP) is 2.96. The van der Waals surface area contributed by atoms with Gasteiger partial charge in [0.25, 0.3) is 0 Å². The average Bonchev–Trinajstić information content (AvgIpc) is 3.06. The van der Waals surface area contributed by atoms with E-state index in [-0.39, 0.29) is 17.5 Å². The number of carbonyl (C=O) groups excluding carboxylic acids is 1. The van der Waals surface area contributed by atoms with E-state index in [2.05, 4.69) is 12.0 Å². The lowest BCUT2D eigenvalue weighted by Crippen LogP contribution is -2.39. The van der Waals surface area contributed by atoms with Crippen molar-refractivity contribution >= 4 is 11.9 Å². The molecule has 1 N–H and O–H groups in total. The van der Waals surface area contributed by atoms with Crippen LogP contribution in [-0.4, -0.2) is 45.3 Å². The quantitative estimate of drug-likeness (QED) is 0.792. The molecule has 1 aliphatic rings. The van der Waals surface area contributed by atoms with E-state index in [0.29, 0.717) is 31.6 Å². The topological polar surface area (TPSA) is 84.7 Å². The van der Waals surface area contributed by atoms with Gasteiger partial charge in [-0.2, -0.15) is 5.10 Å². The van der Waals surface area contributed by atoms with E-state index >= 15 is 0 Å². The molecule has 1 aromatic heterocycles. The third-order valence-electron chi connectivity index (χ3n) is 5.28. The van der Waals surface area contributed by atoms with E-state index in [9.17, 15) is 14.7 Å². The highest BCUT2D eigenvalue weighted by Gasteiger charge is 2.31. The van der Waals surface area contributed by atoms with Crippen LogP contribution < -0.4 is 4.74 Å². The van der Waals surface area contributed by atoms with Gasteiger partial charge >= 0.3 is 5.97 Å². The lowest BCUT2D eigenvalue weighted by molar-refractivity contribution is -0.136. The molecule has 0 aliphatic carbocycles. The number of methoxy groups -OCH3 is 1. The Balaban J connectivity index is 1.85. The maximum Gasteiger partial charge on any atom is 0.356 e. The smallest absolute Gasteiger partial charge is 0.356 e. The second kappa shape index (κ2) is 8.46. The molecule has 1 aliphatic heterocycles. The van der Waals surface area contributed by atoms with Gasteiger partial charge in [-0.1, -0.05) is 32.4 Å². The average molecular weight is 385 g/mol. The number of aromatic carboxylic acids is 1. The Morgan fingerprint density at radius 3 is 2.61 bits per heavy atom. The van der Waals surface area contributed by atoms with Crippen LogP contribution in [0.15, 0.2) is 24.3 Å². The van der Waals surface area contributed by atoms with Gasteiger partial charge < -0.3 is 14.7 Å². The second-order valence-corrected chi connectivity index (χ2v) is 7.28. The minimum atomic E-state index is -1.05. The predicted molar refractivity (Wildman–Crippen MR) is 104 cm³/mol. The molecule has 150 valence electrons. The summed E-state index contributed by atoms with van der Waals surface area (Å²) in [6.07, 6.45) is 2.40. The van der Waals surface area contributed by atoms with Gasteiger partial charge in [0.15, 0.2) is 5.69 Å². The number of fused-ring (bicyclic) bond motifs is 1. The van der Waals surface area contributed by atoms with Gasteiger partial charge in [-0.15, -0.1) is 0 Å². The first-order valence-corrected chi connectivity index (χ1v) is 9.68. The minimum Gasteiger partial charge on any atom is -0.497 e. The number of rotatable bonds is 7. The number of amides is 1. The summed E-state index contributed by atoms with van der Waals surface area (Å²) in [7, 11) is 1.62. The summed E-state index contributed by atoms with van der Waals surface area (Å²) in [4.78, 5) is 26.2. The fraction of sp³-hybridized carbons (Fsp3) is 0.476. The van der Waals surface area contributed by atoms with Gasteiger partial charge in [0, 0.05) is 36.7 Å². The number of nitrogens with zero attached hydrogens (tertiary/aromatic N) is 3. The molecule has 1 aromatic carbocycles. The first-order valence-electron chi connectivity index (χ1n) is 9.68. The fourth-order valence-electron chi connectivity index (χ4n) is 3.75. The molecular formula is C21H27N3O4. The van der Waals surface area contributed by atoms with Crippen molar-refractivity contribution in [1.29, 1.82) is 0 Å². The summed E-state index contributed by atoms with van der Waals surface area (Å²) in [5, 5.41) is 14.0. The van der Waals surface area contributed by atoms with Crippen LogP contribution in [0.2, 0.25) is 0 Å². The van der Waals surface area contributed by atoms with Crippen molar-refractivity contribution in [3.8, 4) is 5.75 Å². The molecule has 1 unspecified atom stereocenters. The van der Waals surface area contributed by atoms with Crippen LogP contribution in [-0.2, 0) is 24.3 Å². The highest BCUT2D eigenvalue weighted by Crippen LogP contribution is 2.26. The summed E-state index contributed by atoms with van der Waals surface area (Å²) >= 11 is 0. The Kier molecular flexibility index (Phi) is 6.02. The third kappa shape index (κ3) is 4.03. The maximum absolute atomic E-state index is 12.7. The van der Waals surface area contributed by atoms with Crippen molar-refractivity contribution in [3.63, 3.8) is 0 Å². The van der Waals surface area contributed by atoms with Gasteiger partial charge in [0.1, 0.15) is 5.75 Å². The molecule has 7 heteroatoms. The maximum atomic E-state index is 12.7. The summed E-state index contributed by atoms with van der Waals surface area (Å²) in [6, 6.07) is 7.63. The van der Waals surface area contributed by atoms with Crippen LogP contribution in [0.4, 0.5) is 0 Å². The Hall–Kier alpha value is -2.83. The minimum absolute atomic E-state index is 0.0455. The Morgan fingerprint density at radius 2 is 2.00 bits per heavy atom. The van der Waals surface area contributed by atoms with Crippen molar-refractivity contribution in [2.24, 2.45) is 5.92 Å². The van der Waals surface area contributed by atoms with Crippen LogP contribution >= 0.6 is 0 Å². The number of carbonyl (C=O) groups is 2. The van der Waals surface area contributed by atoms with Crippen molar-refractivity contribution in [3.05, 3.63) is 46.8 Å². The van der Waals surface area contributed by atoms with Gasteiger partial charge in [-0.25, -0.2) is 4.79 Å². The molecule has 7 nitrogen and oxygen atoms in total. The van der Waals surface area contributed by atoms with Crippen LogP contribution in [0.25, 0.3) is 0 Å². The van der Waals surface area contributed by atoms with E-state index in [1.165, 1.54) is 0 Å². The van der Waals surface area contributed by atoms with E-state index in [4.69, 9.17) is 4.74 Å². The van der Waals surface area contributed by atoms with Crippen LogP contribution in [0, 0.1) is 5.92 Å². The van der Waals surface area contributed by atoms with Gasteiger partial charge in [-0.05, 0) is 24.1 Å². The molecular weight excluding hydrogens is 358 g/mol. The Morgan fingerprint density at radius 1 is 1.29 bits per heavy atom. The molecule has 0 bridgehead atoms. The van der Waals surface area contributed by atoms with Crippen molar-refractivity contribution in [2.45, 2.75) is 46.2 Å². The van der Waals surface area contributed by atoms with E-state index in [1.54, 1.807) is 16.7 Å². The lowest BCUT2D eigenvalue weighted by atomic mass is 10.00. The summed E-state index contributed by atoms with van der Waals surface area (Å²) in [5.41, 5.74) is 2.62. The Labute approximate surface area is 164 Å². The second-order valence-electron chi connectivity index (χ2n) is 7.28. The zero-order chi connectivity index (χ0) is 20.3. The zero-order valence-electron chi connectivity index (χ0n) is 16.6. The molecule has 2 aromatic rings. The van der Waals surface area contributed by atoms with Crippen LogP contribution in [0.1, 0.15) is 54.0 Å². The lowest BCUT2D eigenvalue weighted by Gasteiger charge is -2.30. The number of benzene rings is 1. The van der Waals surface area contributed by atoms with E-state index in [1.807, 2.05) is 31.2 Å². The highest BCUT2D eigenvalue weighted by atomic mass is 16.5. The number of carboxylic acid groups (broad SMARTS) is 1. The summed E-state index contributed by atoms with van der Waals surface area (Å²) in [5.74, 6) is -0.241. The normalized spacial score (nSPS) is 14.5. The number of ether oxygens (including phenoxy) is 1. The molecule has 28 heavy (non-hydrogen) atoms. The van der Waals surface area contributed by atoms with Gasteiger partial charge in [0.2, 0.25) is 5.91 Å². The number of carboxylic acids is 1. The molecule has 0 fully saturated rings. The number of aromatic nitrogens is 2. The molecule has 0 saturated heterocycles. The molecule has 3 rings (SSSR count). The first kappa shape index (κ1) is 19.9. The first-order chi connectivity index (χ1) is 13.4. The molecule has 0 saturated carbocycles. The molecule has 0 radical (unpaired) electrons. The summed E-state index contributed by atoms with van der Waals surface area (Å²) < 4.78 is 6.94. The van der Waals surface area contributed by atoms with E-state index < -0.39 is 5.97 Å². The standard InChI is InChI=1S/C21H27N3O4/c1-4-5-14(2)20(25)23-11-10-18-17(13-23)19(21(26)27)22-24(18)12-15-6-8-16(28-3)9-7-15/h6-9,14H,4-5,10-13H2,1-3H3,(H,26,27). The summed E-state index contributed by atoms with van der Waals surface area (Å²) in [6.45, 7) is 5.38. The van der Waals surface area contributed by atoms with Crippen LogP contribution in [0.5, 0.6) is 5.75 Å². The number of hydrogen-bond acceptors (Lipinski definition) is 4. The molecule has 2 heterocycles. The van der Waals surface area contributed by atoms with Crippen molar-refractivity contribution in [2.75, 3.05) is 13.7 Å². The Bertz CT molecular complexity index is 857. The molecule has 1 amide bonds. The fourth-order valence-corrected chi connectivity index (χ4v) is 3.75. The van der Waals surface area contributed by atoms with E-state index in [0.717, 1.165) is 29.8 Å². The van der Waals surface area contributed by atoms with Crippen molar-refractivity contribution < 1.29 is 19.4 Å². The SMILES string of the molecule is CCCC(C)C(=O)N1CCc2c(c(C(=O)O)nn2Cc2ccc(OC)cc2)C1. The largest absolute Gasteiger partial charge is 0.497 e. The number of hydrogen-bond donors (Lipinski definition) is 1.